The first-order valence-electron chi connectivity index (χ1n) is 8.29. The third-order valence-corrected chi connectivity index (χ3v) is 5.52. The summed E-state index contributed by atoms with van der Waals surface area (Å²) >= 11 is 12.7. The van der Waals surface area contributed by atoms with Gasteiger partial charge in [-0.15, -0.1) is 0 Å². The molecule has 0 atom stereocenters. The zero-order valence-electron chi connectivity index (χ0n) is 14.4. The van der Waals surface area contributed by atoms with Crippen LogP contribution in [0.3, 0.4) is 0 Å². The average molecular weight is 390 g/mol. The van der Waals surface area contributed by atoms with Gasteiger partial charge in [0, 0.05) is 29.1 Å². The van der Waals surface area contributed by atoms with E-state index in [1.54, 1.807) is 6.92 Å². The van der Waals surface area contributed by atoms with Gasteiger partial charge in [-0.05, 0) is 37.1 Å². The Labute approximate surface area is 160 Å². The number of aryl methyl sites for hydroxylation is 1. The van der Waals surface area contributed by atoms with Crippen molar-refractivity contribution in [1.82, 2.24) is 4.90 Å². The molecule has 6 heteroatoms. The molecule has 0 saturated heterocycles. The van der Waals surface area contributed by atoms with Crippen molar-refractivity contribution in [3.8, 4) is 5.75 Å². The Morgan fingerprint density at radius 2 is 1.88 bits per heavy atom. The van der Waals surface area contributed by atoms with E-state index in [1.165, 1.54) is 0 Å². The molecule has 1 aliphatic rings. The van der Waals surface area contributed by atoms with E-state index in [0.29, 0.717) is 46.8 Å². The Morgan fingerprint density at radius 1 is 1.12 bits per heavy atom. The summed E-state index contributed by atoms with van der Waals surface area (Å²) in [6.45, 7) is 5.24. The van der Waals surface area contributed by atoms with E-state index in [9.17, 15) is 4.79 Å². The van der Waals surface area contributed by atoms with E-state index in [1.807, 2.05) is 37.3 Å². The SMILES string of the molecule is Cc1c(C)c2cc(Cl)c3c(c2oc1=O)CN(Cc1ccccc1Cl)CO3. The van der Waals surface area contributed by atoms with Gasteiger partial charge < -0.3 is 9.15 Å². The van der Waals surface area contributed by atoms with Gasteiger partial charge in [0.2, 0.25) is 0 Å². The van der Waals surface area contributed by atoms with E-state index in [2.05, 4.69) is 4.90 Å². The minimum Gasteiger partial charge on any atom is -0.476 e. The number of nitrogens with zero attached hydrogens (tertiary/aromatic N) is 1. The molecule has 0 fully saturated rings. The molecule has 2 heterocycles. The predicted molar refractivity (Wildman–Crippen MR) is 103 cm³/mol. The Bertz CT molecular complexity index is 1070. The van der Waals surface area contributed by atoms with Crippen molar-refractivity contribution in [2.75, 3.05) is 6.73 Å². The molecule has 0 saturated carbocycles. The van der Waals surface area contributed by atoms with E-state index in [4.69, 9.17) is 32.4 Å². The first-order valence-corrected chi connectivity index (χ1v) is 9.05. The lowest BCUT2D eigenvalue weighted by atomic mass is 10.0. The lowest BCUT2D eigenvalue weighted by Gasteiger charge is -2.30. The minimum atomic E-state index is -0.331. The van der Waals surface area contributed by atoms with Gasteiger partial charge in [0.15, 0.2) is 0 Å². The van der Waals surface area contributed by atoms with E-state index in [0.717, 1.165) is 22.1 Å². The molecule has 0 unspecified atom stereocenters. The van der Waals surface area contributed by atoms with Crippen LogP contribution in [-0.4, -0.2) is 11.6 Å². The van der Waals surface area contributed by atoms with Crippen LogP contribution in [0.4, 0.5) is 0 Å². The van der Waals surface area contributed by atoms with Crippen molar-refractivity contribution in [3.05, 3.63) is 73.1 Å². The summed E-state index contributed by atoms with van der Waals surface area (Å²) in [6, 6.07) is 9.53. The second-order valence-electron chi connectivity index (χ2n) is 6.53. The van der Waals surface area contributed by atoms with Gasteiger partial charge in [-0.2, -0.15) is 0 Å². The summed E-state index contributed by atoms with van der Waals surface area (Å²) in [5.74, 6) is 0.584. The maximum atomic E-state index is 12.2. The summed E-state index contributed by atoms with van der Waals surface area (Å²) in [6.07, 6.45) is 0. The zero-order chi connectivity index (χ0) is 18.4. The molecule has 134 valence electrons. The molecule has 0 bridgehead atoms. The zero-order valence-corrected chi connectivity index (χ0v) is 15.9. The van der Waals surface area contributed by atoms with Gasteiger partial charge in [-0.1, -0.05) is 41.4 Å². The number of benzene rings is 2. The van der Waals surface area contributed by atoms with Gasteiger partial charge in [-0.25, -0.2) is 4.79 Å². The molecule has 2 aromatic carbocycles. The van der Waals surface area contributed by atoms with Crippen LogP contribution < -0.4 is 10.4 Å². The lowest BCUT2D eigenvalue weighted by molar-refractivity contribution is 0.0891. The second-order valence-corrected chi connectivity index (χ2v) is 7.35. The fraction of sp³-hybridized carbons (Fsp3) is 0.250. The van der Waals surface area contributed by atoms with Gasteiger partial charge in [-0.3, -0.25) is 4.90 Å². The van der Waals surface area contributed by atoms with Crippen LogP contribution in [-0.2, 0) is 13.1 Å². The molecule has 1 aliphatic heterocycles. The van der Waals surface area contributed by atoms with E-state index in [-0.39, 0.29) is 5.63 Å². The average Bonchev–Trinajstić information content (AvgIpc) is 2.63. The largest absolute Gasteiger partial charge is 0.476 e. The summed E-state index contributed by atoms with van der Waals surface area (Å²) in [5, 5.41) is 2.09. The maximum absolute atomic E-state index is 12.2. The molecule has 26 heavy (non-hydrogen) atoms. The number of hydrogen-bond acceptors (Lipinski definition) is 4. The van der Waals surface area contributed by atoms with Crippen LogP contribution in [0.2, 0.25) is 10.0 Å². The summed E-state index contributed by atoms with van der Waals surface area (Å²) < 4.78 is 11.5. The first kappa shape index (κ1) is 17.4. The molecule has 0 amide bonds. The van der Waals surface area contributed by atoms with Crippen LogP contribution in [0.25, 0.3) is 11.0 Å². The molecule has 4 rings (SSSR count). The van der Waals surface area contributed by atoms with Crippen LogP contribution in [0.15, 0.2) is 39.5 Å². The normalized spacial score (nSPS) is 14.3. The smallest absolute Gasteiger partial charge is 0.339 e. The van der Waals surface area contributed by atoms with E-state index < -0.39 is 0 Å². The molecular weight excluding hydrogens is 373 g/mol. The third-order valence-electron chi connectivity index (χ3n) is 4.87. The van der Waals surface area contributed by atoms with Crippen LogP contribution in [0, 0.1) is 13.8 Å². The van der Waals surface area contributed by atoms with Gasteiger partial charge >= 0.3 is 5.63 Å². The molecule has 1 aromatic heterocycles. The highest BCUT2D eigenvalue weighted by atomic mass is 35.5. The highest BCUT2D eigenvalue weighted by Crippen LogP contribution is 2.40. The van der Waals surface area contributed by atoms with Gasteiger partial charge in [0.1, 0.15) is 18.1 Å². The van der Waals surface area contributed by atoms with Crippen molar-refractivity contribution in [1.29, 1.82) is 0 Å². The topological polar surface area (TPSA) is 42.7 Å². The molecule has 0 spiro atoms. The third kappa shape index (κ3) is 2.88. The fourth-order valence-corrected chi connectivity index (χ4v) is 3.75. The Balaban J connectivity index is 1.79. The minimum absolute atomic E-state index is 0.331. The highest BCUT2D eigenvalue weighted by molar-refractivity contribution is 6.33. The van der Waals surface area contributed by atoms with Crippen LogP contribution in [0.5, 0.6) is 5.75 Å². The van der Waals surface area contributed by atoms with Gasteiger partial charge in [0.25, 0.3) is 0 Å². The van der Waals surface area contributed by atoms with Crippen molar-refractivity contribution < 1.29 is 9.15 Å². The summed E-state index contributed by atoms with van der Waals surface area (Å²) in [4.78, 5) is 14.3. The molecule has 0 N–H and O–H groups in total. The van der Waals surface area contributed by atoms with Crippen LogP contribution in [0.1, 0.15) is 22.3 Å². The molecular formula is C20H17Cl2NO3. The molecule has 0 radical (unpaired) electrons. The molecule has 0 aliphatic carbocycles. The number of rotatable bonds is 2. The quantitative estimate of drug-likeness (QED) is 0.573. The van der Waals surface area contributed by atoms with Gasteiger partial charge in [0.05, 0.1) is 10.6 Å². The van der Waals surface area contributed by atoms with Crippen molar-refractivity contribution in [2.24, 2.45) is 0 Å². The van der Waals surface area contributed by atoms with Crippen molar-refractivity contribution in [3.63, 3.8) is 0 Å². The number of hydrogen-bond donors (Lipinski definition) is 0. The second kappa shape index (κ2) is 6.62. The first-order chi connectivity index (χ1) is 12.5. The molecule has 3 aromatic rings. The van der Waals surface area contributed by atoms with Crippen molar-refractivity contribution >= 4 is 34.2 Å². The van der Waals surface area contributed by atoms with Crippen LogP contribution >= 0.6 is 23.2 Å². The van der Waals surface area contributed by atoms with E-state index >= 15 is 0 Å². The predicted octanol–water partition coefficient (Wildman–Crippen LogP) is 5.07. The fourth-order valence-electron chi connectivity index (χ4n) is 3.28. The highest BCUT2D eigenvalue weighted by Gasteiger charge is 2.25. The number of fused-ring (bicyclic) bond motifs is 3. The Hall–Kier alpha value is -2.01. The Morgan fingerprint density at radius 3 is 2.65 bits per heavy atom. The number of halogens is 2. The summed E-state index contributed by atoms with van der Waals surface area (Å²) in [5.41, 5.74) is 3.50. The maximum Gasteiger partial charge on any atom is 0.339 e. The lowest BCUT2D eigenvalue weighted by Crippen LogP contribution is -2.32. The molecule has 4 nitrogen and oxygen atoms in total. The van der Waals surface area contributed by atoms with Crippen molar-refractivity contribution in [2.45, 2.75) is 26.9 Å². The number of ether oxygens (including phenoxy) is 1. The Kier molecular flexibility index (Phi) is 4.43. The standard InChI is InChI=1S/C20H17Cl2NO3/c1-11-12(2)20(24)26-18-14(11)7-17(22)19-15(18)9-23(10-25-19)8-13-5-3-4-6-16(13)21/h3-7H,8-10H2,1-2H3. The monoisotopic (exact) mass is 389 g/mol. The summed E-state index contributed by atoms with van der Waals surface area (Å²) in [7, 11) is 0.